The van der Waals surface area contributed by atoms with Crippen molar-refractivity contribution in [1.82, 2.24) is 10.3 Å². The highest BCUT2D eigenvalue weighted by Crippen LogP contribution is 2.23. The van der Waals surface area contributed by atoms with E-state index in [-0.39, 0.29) is 0 Å². The van der Waals surface area contributed by atoms with Gasteiger partial charge in [0.15, 0.2) is 0 Å². The van der Waals surface area contributed by atoms with Crippen molar-refractivity contribution in [2.75, 3.05) is 6.61 Å². The Hall–Kier alpha value is -0.930. The SMILES string of the molecule is CCOC1CC(NCc2cnccc2C)C1. The van der Waals surface area contributed by atoms with Gasteiger partial charge in [-0.15, -0.1) is 0 Å². The van der Waals surface area contributed by atoms with Gasteiger partial charge < -0.3 is 10.1 Å². The summed E-state index contributed by atoms with van der Waals surface area (Å²) in [5, 5.41) is 3.54. The second-order valence-electron chi connectivity index (χ2n) is 4.43. The lowest BCUT2D eigenvalue weighted by Gasteiger charge is -2.35. The zero-order chi connectivity index (χ0) is 11.4. The molecule has 0 amide bonds. The molecule has 0 spiro atoms. The van der Waals surface area contributed by atoms with Crippen LogP contribution in [0.15, 0.2) is 18.5 Å². The highest BCUT2D eigenvalue weighted by molar-refractivity contribution is 5.21. The summed E-state index contributed by atoms with van der Waals surface area (Å²) in [6, 6.07) is 2.68. The third kappa shape index (κ3) is 2.80. The number of ether oxygens (including phenoxy) is 1. The van der Waals surface area contributed by atoms with Crippen molar-refractivity contribution in [2.24, 2.45) is 0 Å². The highest BCUT2D eigenvalue weighted by Gasteiger charge is 2.28. The average molecular weight is 220 g/mol. The van der Waals surface area contributed by atoms with Gasteiger partial charge in [0, 0.05) is 31.6 Å². The Labute approximate surface area is 97.2 Å². The second kappa shape index (κ2) is 5.41. The monoisotopic (exact) mass is 220 g/mol. The lowest BCUT2D eigenvalue weighted by atomic mass is 9.89. The van der Waals surface area contributed by atoms with Crippen LogP contribution in [0.4, 0.5) is 0 Å². The molecule has 3 heteroatoms. The Morgan fingerprint density at radius 3 is 3.00 bits per heavy atom. The van der Waals surface area contributed by atoms with Gasteiger partial charge in [0.2, 0.25) is 0 Å². The average Bonchev–Trinajstić information content (AvgIpc) is 2.23. The molecule has 0 bridgehead atoms. The van der Waals surface area contributed by atoms with Crippen LogP contribution >= 0.6 is 0 Å². The fraction of sp³-hybridized carbons (Fsp3) is 0.615. The van der Waals surface area contributed by atoms with Crippen LogP contribution in [0.3, 0.4) is 0 Å². The lowest BCUT2D eigenvalue weighted by molar-refractivity contribution is -0.0102. The summed E-state index contributed by atoms with van der Waals surface area (Å²) >= 11 is 0. The molecule has 1 N–H and O–H groups in total. The molecule has 0 saturated heterocycles. The van der Waals surface area contributed by atoms with E-state index in [0.717, 1.165) is 26.0 Å². The summed E-state index contributed by atoms with van der Waals surface area (Å²) in [5.41, 5.74) is 2.60. The Morgan fingerprint density at radius 2 is 2.31 bits per heavy atom. The van der Waals surface area contributed by atoms with Gasteiger partial charge in [0.05, 0.1) is 6.10 Å². The van der Waals surface area contributed by atoms with E-state index in [1.165, 1.54) is 11.1 Å². The Morgan fingerprint density at radius 1 is 1.50 bits per heavy atom. The maximum atomic E-state index is 5.53. The first-order chi connectivity index (χ1) is 7.79. The van der Waals surface area contributed by atoms with Crippen molar-refractivity contribution >= 4 is 0 Å². The number of nitrogens with zero attached hydrogens (tertiary/aromatic N) is 1. The van der Waals surface area contributed by atoms with Crippen LogP contribution in [0.5, 0.6) is 0 Å². The maximum absolute atomic E-state index is 5.53. The largest absolute Gasteiger partial charge is 0.378 e. The molecular weight excluding hydrogens is 200 g/mol. The maximum Gasteiger partial charge on any atom is 0.0604 e. The van der Waals surface area contributed by atoms with Gasteiger partial charge in [-0.05, 0) is 43.9 Å². The summed E-state index contributed by atoms with van der Waals surface area (Å²) in [6.07, 6.45) is 6.56. The number of pyridine rings is 1. The van der Waals surface area contributed by atoms with Crippen molar-refractivity contribution in [2.45, 2.75) is 45.4 Å². The molecule has 0 unspecified atom stereocenters. The van der Waals surface area contributed by atoms with E-state index in [2.05, 4.69) is 30.2 Å². The van der Waals surface area contributed by atoms with Crippen molar-refractivity contribution in [3.05, 3.63) is 29.6 Å². The molecular formula is C13H20N2O. The van der Waals surface area contributed by atoms with Crippen molar-refractivity contribution in [3.8, 4) is 0 Å². The van der Waals surface area contributed by atoms with Gasteiger partial charge in [-0.25, -0.2) is 0 Å². The summed E-state index contributed by atoms with van der Waals surface area (Å²) in [5.74, 6) is 0. The Balaban J connectivity index is 1.72. The van der Waals surface area contributed by atoms with Crippen LogP contribution in [-0.4, -0.2) is 23.7 Å². The zero-order valence-corrected chi connectivity index (χ0v) is 10.1. The first-order valence-electron chi connectivity index (χ1n) is 6.04. The minimum Gasteiger partial charge on any atom is -0.378 e. The summed E-state index contributed by atoms with van der Waals surface area (Å²) in [6.45, 7) is 5.94. The number of nitrogens with one attached hydrogen (secondary N) is 1. The number of hydrogen-bond donors (Lipinski definition) is 1. The fourth-order valence-electron chi connectivity index (χ4n) is 2.04. The van der Waals surface area contributed by atoms with E-state index in [4.69, 9.17) is 4.74 Å². The van der Waals surface area contributed by atoms with E-state index in [1.807, 2.05) is 12.4 Å². The van der Waals surface area contributed by atoms with Crippen molar-refractivity contribution in [3.63, 3.8) is 0 Å². The fourth-order valence-corrected chi connectivity index (χ4v) is 2.04. The summed E-state index contributed by atoms with van der Waals surface area (Å²) < 4.78 is 5.53. The van der Waals surface area contributed by atoms with Crippen LogP contribution in [0.2, 0.25) is 0 Å². The third-order valence-corrected chi connectivity index (χ3v) is 3.23. The molecule has 3 nitrogen and oxygen atoms in total. The van der Waals surface area contributed by atoms with E-state index < -0.39 is 0 Å². The first-order valence-corrected chi connectivity index (χ1v) is 6.04. The highest BCUT2D eigenvalue weighted by atomic mass is 16.5. The topological polar surface area (TPSA) is 34.1 Å². The molecule has 1 heterocycles. The molecule has 1 fully saturated rings. The van der Waals surface area contributed by atoms with Gasteiger partial charge >= 0.3 is 0 Å². The van der Waals surface area contributed by atoms with Gasteiger partial charge in [-0.1, -0.05) is 0 Å². The lowest BCUT2D eigenvalue weighted by Crippen LogP contribution is -2.45. The van der Waals surface area contributed by atoms with Crippen LogP contribution in [0.25, 0.3) is 0 Å². The first kappa shape index (κ1) is 11.6. The standard InChI is InChI=1S/C13H20N2O/c1-3-16-13-6-12(7-13)15-9-11-8-14-5-4-10(11)2/h4-5,8,12-13,15H,3,6-7,9H2,1-2H3. The minimum absolute atomic E-state index is 0.484. The quantitative estimate of drug-likeness (QED) is 0.824. The van der Waals surface area contributed by atoms with E-state index in [9.17, 15) is 0 Å². The van der Waals surface area contributed by atoms with Crippen LogP contribution in [0, 0.1) is 6.92 Å². The number of aromatic nitrogens is 1. The molecule has 2 rings (SSSR count). The molecule has 0 atom stereocenters. The predicted molar refractivity (Wildman–Crippen MR) is 64.2 cm³/mol. The summed E-state index contributed by atoms with van der Waals surface area (Å²) in [7, 11) is 0. The van der Waals surface area contributed by atoms with E-state index >= 15 is 0 Å². The van der Waals surface area contributed by atoms with Crippen LogP contribution in [-0.2, 0) is 11.3 Å². The minimum atomic E-state index is 0.484. The number of aryl methyl sites for hydroxylation is 1. The molecule has 1 aromatic heterocycles. The van der Waals surface area contributed by atoms with E-state index in [1.54, 1.807) is 0 Å². The molecule has 0 radical (unpaired) electrons. The zero-order valence-electron chi connectivity index (χ0n) is 10.1. The molecule has 1 aliphatic rings. The Bertz CT molecular complexity index is 334. The number of rotatable bonds is 5. The van der Waals surface area contributed by atoms with E-state index in [0.29, 0.717) is 12.1 Å². The molecule has 16 heavy (non-hydrogen) atoms. The molecule has 1 saturated carbocycles. The van der Waals surface area contributed by atoms with Gasteiger partial charge in [-0.2, -0.15) is 0 Å². The molecule has 0 aliphatic heterocycles. The number of hydrogen-bond acceptors (Lipinski definition) is 3. The normalized spacial score (nSPS) is 24.1. The predicted octanol–water partition coefficient (Wildman–Crippen LogP) is 2.05. The van der Waals surface area contributed by atoms with Gasteiger partial charge in [0.1, 0.15) is 0 Å². The molecule has 0 aromatic carbocycles. The van der Waals surface area contributed by atoms with Gasteiger partial charge in [-0.3, -0.25) is 4.98 Å². The second-order valence-corrected chi connectivity index (χ2v) is 4.43. The Kier molecular flexibility index (Phi) is 3.91. The van der Waals surface area contributed by atoms with Crippen LogP contribution in [0.1, 0.15) is 30.9 Å². The van der Waals surface area contributed by atoms with Crippen molar-refractivity contribution < 1.29 is 4.74 Å². The summed E-state index contributed by atoms with van der Waals surface area (Å²) in [4.78, 5) is 4.15. The molecule has 88 valence electrons. The van der Waals surface area contributed by atoms with Crippen LogP contribution < -0.4 is 5.32 Å². The molecule has 1 aliphatic carbocycles. The molecule has 1 aromatic rings. The third-order valence-electron chi connectivity index (χ3n) is 3.23. The van der Waals surface area contributed by atoms with Crippen molar-refractivity contribution in [1.29, 1.82) is 0 Å². The smallest absolute Gasteiger partial charge is 0.0604 e. The van der Waals surface area contributed by atoms with Gasteiger partial charge in [0.25, 0.3) is 0 Å².